The first kappa shape index (κ1) is 11.0. The molecule has 0 aliphatic heterocycles. The molecule has 0 radical (unpaired) electrons. The summed E-state index contributed by atoms with van der Waals surface area (Å²) in [4.78, 5) is 15.7. The number of nitrogens with zero attached hydrogens (tertiary/aromatic N) is 1. The number of nitrogens with one attached hydrogen (secondary N) is 1. The Bertz CT molecular complexity index is 606. The zero-order chi connectivity index (χ0) is 12.5. The summed E-state index contributed by atoms with van der Waals surface area (Å²) in [6.07, 6.45) is 3.38. The van der Waals surface area contributed by atoms with Gasteiger partial charge in [-0.15, -0.1) is 0 Å². The van der Waals surface area contributed by atoms with E-state index in [0.717, 1.165) is 23.7 Å². The number of carbonyl (C=O) groups is 1. The van der Waals surface area contributed by atoms with Crippen LogP contribution in [0, 0.1) is 0 Å². The van der Waals surface area contributed by atoms with Gasteiger partial charge in [0.1, 0.15) is 11.4 Å². The number of hydrogen-bond acceptors (Lipinski definition) is 3. The van der Waals surface area contributed by atoms with Crippen molar-refractivity contribution in [1.29, 1.82) is 0 Å². The third-order valence-corrected chi connectivity index (χ3v) is 3.40. The van der Waals surface area contributed by atoms with Crippen LogP contribution in [0.25, 0.3) is 10.9 Å². The maximum absolute atomic E-state index is 11.3. The molecular formula is C14H14N2O2. The topological polar surface area (TPSA) is 62.2 Å². The number of hydrogen-bond donors (Lipinski definition) is 2. The van der Waals surface area contributed by atoms with Crippen molar-refractivity contribution >= 4 is 22.7 Å². The molecule has 1 aromatic heterocycles. The molecule has 4 nitrogen and oxygen atoms in total. The van der Waals surface area contributed by atoms with Gasteiger partial charge in [-0.1, -0.05) is 18.2 Å². The highest BCUT2D eigenvalue weighted by Crippen LogP contribution is 2.26. The van der Waals surface area contributed by atoms with Gasteiger partial charge in [0.25, 0.3) is 0 Å². The fourth-order valence-electron chi connectivity index (χ4n) is 2.13. The van der Waals surface area contributed by atoms with E-state index >= 15 is 0 Å². The zero-order valence-corrected chi connectivity index (χ0v) is 9.89. The molecule has 2 aromatic rings. The summed E-state index contributed by atoms with van der Waals surface area (Å²) in [7, 11) is 0. The van der Waals surface area contributed by atoms with Gasteiger partial charge in [-0.05, 0) is 31.4 Å². The first-order chi connectivity index (χ1) is 8.74. The van der Waals surface area contributed by atoms with Gasteiger partial charge < -0.3 is 10.4 Å². The van der Waals surface area contributed by atoms with Crippen LogP contribution in [0.2, 0.25) is 0 Å². The van der Waals surface area contributed by atoms with Crippen LogP contribution in [0.5, 0.6) is 0 Å². The number of aromatic carboxylic acids is 1. The lowest BCUT2D eigenvalue weighted by Crippen LogP contribution is -2.28. The predicted molar refractivity (Wildman–Crippen MR) is 70.0 cm³/mol. The number of aromatic nitrogens is 1. The Labute approximate surface area is 105 Å². The number of pyridine rings is 1. The second-order valence-electron chi connectivity index (χ2n) is 4.65. The largest absolute Gasteiger partial charge is 0.478 e. The van der Waals surface area contributed by atoms with E-state index in [-0.39, 0.29) is 5.56 Å². The number of benzene rings is 1. The van der Waals surface area contributed by atoms with Gasteiger partial charge in [-0.25, -0.2) is 9.78 Å². The highest BCUT2D eigenvalue weighted by atomic mass is 16.4. The molecule has 18 heavy (non-hydrogen) atoms. The molecule has 1 aliphatic rings. The summed E-state index contributed by atoms with van der Waals surface area (Å²) in [5.41, 5.74) is 1.07. The Morgan fingerprint density at radius 3 is 2.78 bits per heavy atom. The van der Waals surface area contributed by atoms with Crippen molar-refractivity contribution in [3.63, 3.8) is 0 Å². The molecule has 4 heteroatoms. The summed E-state index contributed by atoms with van der Waals surface area (Å²) >= 11 is 0. The lowest BCUT2D eigenvalue weighted by Gasteiger charge is -2.27. The second-order valence-corrected chi connectivity index (χ2v) is 4.65. The summed E-state index contributed by atoms with van der Waals surface area (Å²) in [6.45, 7) is 0. The lowest BCUT2D eigenvalue weighted by molar-refractivity contribution is 0.0697. The minimum Gasteiger partial charge on any atom is -0.478 e. The number of fused-ring (bicyclic) bond motifs is 1. The summed E-state index contributed by atoms with van der Waals surface area (Å²) < 4.78 is 0. The lowest BCUT2D eigenvalue weighted by atomic mass is 9.93. The summed E-state index contributed by atoms with van der Waals surface area (Å²) in [5.74, 6) is -0.444. The maximum Gasteiger partial charge on any atom is 0.339 e. The number of para-hydroxylation sites is 1. The van der Waals surface area contributed by atoms with E-state index in [4.69, 9.17) is 0 Å². The van der Waals surface area contributed by atoms with Gasteiger partial charge in [0.2, 0.25) is 0 Å². The monoisotopic (exact) mass is 242 g/mol. The first-order valence-electron chi connectivity index (χ1n) is 6.13. The van der Waals surface area contributed by atoms with E-state index in [9.17, 15) is 9.90 Å². The van der Waals surface area contributed by atoms with Crippen LogP contribution < -0.4 is 5.32 Å². The molecule has 1 fully saturated rings. The van der Waals surface area contributed by atoms with Crippen molar-refractivity contribution < 1.29 is 9.90 Å². The Morgan fingerprint density at radius 1 is 1.33 bits per heavy atom. The molecule has 0 saturated heterocycles. The van der Waals surface area contributed by atoms with Crippen molar-refractivity contribution in [3.05, 3.63) is 35.9 Å². The number of rotatable bonds is 3. The van der Waals surface area contributed by atoms with Gasteiger partial charge in [-0.3, -0.25) is 0 Å². The molecule has 92 valence electrons. The van der Waals surface area contributed by atoms with Crippen molar-refractivity contribution in [2.24, 2.45) is 0 Å². The van der Waals surface area contributed by atoms with Crippen LogP contribution in [0.15, 0.2) is 30.3 Å². The van der Waals surface area contributed by atoms with Gasteiger partial charge in [0.05, 0.1) is 5.52 Å². The molecule has 2 N–H and O–H groups in total. The summed E-state index contributed by atoms with van der Waals surface area (Å²) in [6, 6.07) is 9.62. The van der Waals surface area contributed by atoms with Crippen molar-refractivity contribution in [2.45, 2.75) is 25.3 Å². The molecule has 1 aliphatic carbocycles. The molecule has 0 amide bonds. The van der Waals surface area contributed by atoms with Crippen LogP contribution in [0.4, 0.5) is 5.82 Å². The van der Waals surface area contributed by atoms with E-state index < -0.39 is 5.97 Å². The molecule has 3 rings (SSSR count). The summed E-state index contributed by atoms with van der Waals surface area (Å²) in [5, 5.41) is 13.3. The Morgan fingerprint density at radius 2 is 2.11 bits per heavy atom. The third-order valence-electron chi connectivity index (χ3n) is 3.40. The average molecular weight is 242 g/mol. The number of anilines is 1. The van der Waals surface area contributed by atoms with Crippen LogP contribution in [0.1, 0.15) is 29.6 Å². The normalized spacial score (nSPS) is 15.3. The smallest absolute Gasteiger partial charge is 0.339 e. The second kappa shape index (κ2) is 4.29. The van der Waals surface area contributed by atoms with E-state index in [2.05, 4.69) is 10.3 Å². The standard InChI is InChI=1S/C14H14N2O2/c17-14(18)11-8-9-4-1-2-7-12(9)16-13(11)15-10-5-3-6-10/h1-2,4,7-8,10H,3,5-6H2,(H,15,16)(H,17,18). The number of carboxylic acid groups (broad SMARTS) is 1. The van der Waals surface area contributed by atoms with Crippen molar-refractivity contribution in [2.75, 3.05) is 5.32 Å². The van der Waals surface area contributed by atoms with E-state index in [0.29, 0.717) is 11.9 Å². The maximum atomic E-state index is 11.3. The minimum absolute atomic E-state index is 0.251. The van der Waals surface area contributed by atoms with Crippen LogP contribution >= 0.6 is 0 Å². The third kappa shape index (κ3) is 1.90. The van der Waals surface area contributed by atoms with E-state index in [1.165, 1.54) is 6.42 Å². The molecule has 0 spiro atoms. The Kier molecular flexibility index (Phi) is 2.63. The highest BCUT2D eigenvalue weighted by molar-refractivity contribution is 5.98. The van der Waals surface area contributed by atoms with Gasteiger partial charge in [-0.2, -0.15) is 0 Å². The van der Waals surface area contributed by atoms with E-state index in [1.807, 2.05) is 24.3 Å². The van der Waals surface area contributed by atoms with E-state index in [1.54, 1.807) is 6.07 Å². The van der Waals surface area contributed by atoms with Crippen LogP contribution in [-0.4, -0.2) is 22.1 Å². The SMILES string of the molecule is O=C(O)c1cc2ccccc2nc1NC1CCC1. The molecule has 0 unspecified atom stereocenters. The number of carboxylic acids is 1. The van der Waals surface area contributed by atoms with Crippen LogP contribution in [-0.2, 0) is 0 Å². The van der Waals surface area contributed by atoms with Gasteiger partial charge >= 0.3 is 5.97 Å². The highest BCUT2D eigenvalue weighted by Gasteiger charge is 2.21. The Balaban J connectivity index is 2.07. The molecule has 1 heterocycles. The fourth-order valence-corrected chi connectivity index (χ4v) is 2.13. The molecule has 1 aromatic carbocycles. The van der Waals surface area contributed by atoms with Gasteiger partial charge in [0.15, 0.2) is 0 Å². The van der Waals surface area contributed by atoms with Crippen molar-refractivity contribution in [3.8, 4) is 0 Å². The molecule has 0 atom stereocenters. The zero-order valence-electron chi connectivity index (χ0n) is 9.89. The van der Waals surface area contributed by atoms with Crippen LogP contribution in [0.3, 0.4) is 0 Å². The Hall–Kier alpha value is -2.10. The van der Waals surface area contributed by atoms with Gasteiger partial charge in [0, 0.05) is 11.4 Å². The van der Waals surface area contributed by atoms with Crippen molar-refractivity contribution in [1.82, 2.24) is 4.98 Å². The molecule has 0 bridgehead atoms. The fraction of sp³-hybridized carbons (Fsp3) is 0.286. The first-order valence-corrected chi connectivity index (χ1v) is 6.13. The molecule has 1 saturated carbocycles. The molecular weight excluding hydrogens is 228 g/mol. The minimum atomic E-state index is -0.935. The quantitative estimate of drug-likeness (QED) is 0.868. The average Bonchev–Trinajstić information content (AvgIpc) is 2.32. The predicted octanol–water partition coefficient (Wildman–Crippen LogP) is 2.90.